The van der Waals surface area contributed by atoms with Crippen LogP contribution < -0.4 is 5.32 Å². The van der Waals surface area contributed by atoms with Crippen molar-refractivity contribution in [3.05, 3.63) is 48.0 Å². The first-order valence-electron chi connectivity index (χ1n) is 8.80. The molecule has 1 aliphatic rings. The zero-order valence-corrected chi connectivity index (χ0v) is 14.6. The lowest BCUT2D eigenvalue weighted by molar-refractivity contribution is -0.151. The second kappa shape index (κ2) is 8.47. The van der Waals surface area contributed by atoms with Gasteiger partial charge >= 0.3 is 5.97 Å². The number of nitrogens with one attached hydrogen (secondary N) is 1. The van der Waals surface area contributed by atoms with Crippen molar-refractivity contribution in [1.82, 2.24) is 10.2 Å². The fourth-order valence-electron chi connectivity index (χ4n) is 3.10. The van der Waals surface area contributed by atoms with Crippen molar-refractivity contribution in [3.8, 4) is 0 Å². The lowest BCUT2D eigenvalue weighted by Gasteiger charge is -2.15. The Balaban J connectivity index is 1.44. The molecule has 136 valence electrons. The SMILES string of the molecule is O=C(Cc1cccc2ccccc12)NCC(=O)OCC(=O)N1CCCC1. The Labute approximate surface area is 152 Å². The second-order valence-corrected chi connectivity index (χ2v) is 6.34. The van der Waals surface area contributed by atoms with Crippen molar-refractivity contribution in [1.29, 1.82) is 0 Å². The molecule has 26 heavy (non-hydrogen) atoms. The van der Waals surface area contributed by atoms with E-state index in [1.54, 1.807) is 4.90 Å². The molecular formula is C20H22N2O4. The van der Waals surface area contributed by atoms with Crippen molar-refractivity contribution < 1.29 is 19.1 Å². The molecule has 2 aromatic carbocycles. The Kier molecular flexibility index (Phi) is 5.84. The van der Waals surface area contributed by atoms with Crippen molar-refractivity contribution >= 4 is 28.6 Å². The molecule has 1 aliphatic heterocycles. The van der Waals surface area contributed by atoms with E-state index in [2.05, 4.69) is 5.32 Å². The van der Waals surface area contributed by atoms with Gasteiger partial charge in [-0.3, -0.25) is 14.4 Å². The summed E-state index contributed by atoms with van der Waals surface area (Å²) in [4.78, 5) is 37.3. The van der Waals surface area contributed by atoms with Gasteiger partial charge in [0.25, 0.3) is 5.91 Å². The molecule has 0 bridgehead atoms. The lowest BCUT2D eigenvalue weighted by atomic mass is 10.0. The zero-order valence-electron chi connectivity index (χ0n) is 14.6. The molecule has 1 N–H and O–H groups in total. The highest BCUT2D eigenvalue weighted by Gasteiger charge is 2.19. The van der Waals surface area contributed by atoms with E-state index in [4.69, 9.17) is 4.74 Å². The van der Waals surface area contributed by atoms with E-state index in [1.165, 1.54) is 0 Å². The Morgan fingerprint density at radius 2 is 1.73 bits per heavy atom. The van der Waals surface area contributed by atoms with Crippen LogP contribution in [0.25, 0.3) is 10.8 Å². The van der Waals surface area contributed by atoms with Crippen molar-refractivity contribution in [2.75, 3.05) is 26.2 Å². The van der Waals surface area contributed by atoms with E-state index in [1.807, 2.05) is 42.5 Å². The first kappa shape index (κ1) is 17.9. The highest BCUT2D eigenvalue weighted by atomic mass is 16.5. The number of fused-ring (bicyclic) bond motifs is 1. The molecule has 0 saturated carbocycles. The second-order valence-electron chi connectivity index (χ2n) is 6.34. The van der Waals surface area contributed by atoms with Gasteiger partial charge in [0, 0.05) is 13.1 Å². The van der Waals surface area contributed by atoms with Gasteiger partial charge in [0.05, 0.1) is 6.42 Å². The highest BCUT2D eigenvalue weighted by molar-refractivity contribution is 5.91. The summed E-state index contributed by atoms with van der Waals surface area (Å²) in [5, 5.41) is 4.64. The Morgan fingerprint density at radius 3 is 2.54 bits per heavy atom. The number of benzene rings is 2. The minimum absolute atomic E-state index is 0.182. The van der Waals surface area contributed by atoms with Crippen LogP contribution in [0.15, 0.2) is 42.5 Å². The number of rotatable bonds is 6. The summed E-state index contributed by atoms with van der Waals surface area (Å²) in [6, 6.07) is 13.6. The van der Waals surface area contributed by atoms with Crippen molar-refractivity contribution in [3.63, 3.8) is 0 Å². The van der Waals surface area contributed by atoms with Gasteiger partial charge in [-0.25, -0.2) is 0 Å². The summed E-state index contributed by atoms with van der Waals surface area (Å²) in [5.41, 5.74) is 0.901. The molecule has 2 amide bonds. The number of nitrogens with zero attached hydrogens (tertiary/aromatic N) is 1. The van der Waals surface area contributed by atoms with Crippen LogP contribution >= 0.6 is 0 Å². The van der Waals surface area contributed by atoms with Gasteiger partial charge in [-0.2, -0.15) is 0 Å². The maximum absolute atomic E-state index is 12.1. The minimum atomic E-state index is -0.608. The third-order valence-electron chi connectivity index (χ3n) is 4.48. The van der Waals surface area contributed by atoms with Gasteiger partial charge < -0.3 is 15.0 Å². The molecule has 1 saturated heterocycles. The van der Waals surface area contributed by atoms with Crippen molar-refractivity contribution in [2.45, 2.75) is 19.3 Å². The molecule has 0 unspecified atom stereocenters. The summed E-state index contributed by atoms with van der Waals surface area (Å²) >= 11 is 0. The van der Waals surface area contributed by atoms with Gasteiger partial charge in [-0.15, -0.1) is 0 Å². The molecule has 6 heteroatoms. The van der Waals surface area contributed by atoms with E-state index >= 15 is 0 Å². The molecular weight excluding hydrogens is 332 g/mol. The molecule has 0 radical (unpaired) electrons. The average Bonchev–Trinajstić information content (AvgIpc) is 3.19. The van der Waals surface area contributed by atoms with Gasteiger partial charge in [-0.1, -0.05) is 42.5 Å². The first-order valence-corrected chi connectivity index (χ1v) is 8.80. The van der Waals surface area contributed by atoms with Gasteiger partial charge in [0.1, 0.15) is 6.54 Å². The predicted molar refractivity (Wildman–Crippen MR) is 97.4 cm³/mol. The number of carbonyl (C=O) groups is 3. The van der Waals surface area contributed by atoms with Crippen LogP contribution in [0.2, 0.25) is 0 Å². The minimum Gasteiger partial charge on any atom is -0.454 e. The first-order chi connectivity index (χ1) is 12.6. The molecule has 0 atom stereocenters. The molecule has 1 heterocycles. The molecule has 2 aromatic rings. The van der Waals surface area contributed by atoms with Gasteiger partial charge in [0.15, 0.2) is 6.61 Å². The average molecular weight is 354 g/mol. The Hall–Kier alpha value is -2.89. The van der Waals surface area contributed by atoms with Crippen LogP contribution in [-0.4, -0.2) is 48.9 Å². The topological polar surface area (TPSA) is 75.7 Å². The summed E-state index contributed by atoms with van der Waals surface area (Å²) < 4.78 is 4.94. The number of likely N-dealkylation sites (tertiary alicyclic amines) is 1. The molecule has 0 spiro atoms. The Morgan fingerprint density at radius 1 is 1.00 bits per heavy atom. The van der Waals surface area contributed by atoms with Crippen LogP contribution in [0.5, 0.6) is 0 Å². The van der Waals surface area contributed by atoms with E-state index in [0.717, 1.165) is 42.3 Å². The fourth-order valence-corrected chi connectivity index (χ4v) is 3.10. The smallest absolute Gasteiger partial charge is 0.325 e. The number of esters is 1. The van der Waals surface area contributed by atoms with Gasteiger partial charge in [0.2, 0.25) is 5.91 Å². The van der Waals surface area contributed by atoms with E-state index < -0.39 is 5.97 Å². The lowest BCUT2D eigenvalue weighted by Crippen LogP contribution is -2.35. The van der Waals surface area contributed by atoms with Gasteiger partial charge in [-0.05, 0) is 29.2 Å². The van der Waals surface area contributed by atoms with E-state index in [0.29, 0.717) is 0 Å². The molecule has 0 aromatic heterocycles. The number of hydrogen-bond acceptors (Lipinski definition) is 4. The van der Waals surface area contributed by atoms with Crippen molar-refractivity contribution in [2.24, 2.45) is 0 Å². The van der Waals surface area contributed by atoms with Crippen LogP contribution in [0.1, 0.15) is 18.4 Å². The van der Waals surface area contributed by atoms with Crippen LogP contribution in [0, 0.1) is 0 Å². The normalized spacial score (nSPS) is 13.6. The quantitative estimate of drug-likeness (QED) is 0.801. The summed E-state index contributed by atoms with van der Waals surface area (Å²) in [5.74, 6) is -1.05. The largest absolute Gasteiger partial charge is 0.454 e. The van der Waals surface area contributed by atoms with E-state index in [9.17, 15) is 14.4 Å². The summed E-state index contributed by atoms with van der Waals surface area (Å²) in [7, 11) is 0. The molecule has 0 aliphatic carbocycles. The molecule has 1 fully saturated rings. The highest BCUT2D eigenvalue weighted by Crippen LogP contribution is 2.18. The number of hydrogen-bond donors (Lipinski definition) is 1. The summed E-state index contributed by atoms with van der Waals surface area (Å²) in [6.07, 6.45) is 2.16. The molecule has 3 rings (SSSR count). The molecule has 6 nitrogen and oxygen atoms in total. The number of amides is 2. The number of carbonyl (C=O) groups excluding carboxylic acids is 3. The maximum atomic E-state index is 12.1. The van der Waals surface area contributed by atoms with Crippen LogP contribution in [-0.2, 0) is 25.5 Å². The summed E-state index contributed by atoms with van der Waals surface area (Å²) in [6.45, 7) is 0.936. The third-order valence-corrected chi connectivity index (χ3v) is 4.48. The monoisotopic (exact) mass is 354 g/mol. The fraction of sp³-hybridized carbons (Fsp3) is 0.350. The predicted octanol–water partition coefficient (Wildman–Crippen LogP) is 1.66. The Bertz CT molecular complexity index is 807. The third kappa shape index (κ3) is 4.59. The van der Waals surface area contributed by atoms with Crippen LogP contribution in [0.4, 0.5) is 0 Å². The number of ether oxygens (including phenoxy) is 1. The standard InChI is InChI=1S/C20H22N2O4/c23-18(12-16-8-5-7-15-6-1-2-9-17(15)16)21-13-20(25)26-14-19(24)22-10-3-4-11-22/h1-2,5-9H,3-4,10-14H2,(H,21,23). The zero-order chi connectivity index (χ0) is 18.4. The van der Waals surface area contributed by atoms with E-state index in [-0.39, 0.29) is 31.4 Å². The van der Waals surface area contributed by atoms with Crippen LogP contribution in [0.3, 0.4) is 0 Å². The maximum Gasteiger partial charge on any atom is 0.325 e.